The summed E-state index contributed by atoms with van der Waals surface area (Å²) in [6.07, 6.45) is 4.89. The quantitative estimate of drug-likeness (QED) is 0.387. The molecule has 3 N–H and O–H groups in total. The van der Waals surface area contributed by atoms with E-state index >= 15 is 0 Å². The van der Waals surface area contributed by atoms with Crippen molar-refractivity contribution in [2.45, 2.75) is 58.9 Å². The van der Waals surface area contributed by atoms with Crippen LogP contribution < -0.4 is 5.84 Å². The van der Waals surface area contributed by atoms with Crippen LogP contribution in [0.25, 0.3) is 0 Å². The van der Waals surface area contributed by atoms with Crippen molar-refractivity contribution >= 4 is 0 Å². The van der Waals surface area contributed by atoms with Crippen LogP contribution in [0.4, 0.5) is 0 Å². The minimum absolute atomic E-state index is 0.0937. The van der Waals surface area contributed by atoms with Crippen molar-refractivity contribution in [2.75, 3.05) is 19.9 Å². The van der Waals surface area contributed by atoms with Crippen LogP contribution in [-0.2, 0) is 9.47 Å². The Morgan fingerprint density at radius 3 is 2.45 bits per heavy atom. The predicted octanol–water partition coefficient (Wildman–Crippen LogP) is 2.37. The van der Waals surface area contributed by atoms with Gasteiger partial charge in [0.25, 0.3) is 0 Å². The van der Waals surface area contributed by atoms with Crippen molar-refractivity contribution in [1.82, 2.24) is 5.01 Å². The van der Waals surface area contributed by atoms with Crippen LogP contribution in [0.3, 0.4) is 0 Å². The molecule has 2 atom stereocenters. The van der Waals surface area contributed by atoms with E-state index in [1.807, 2.05) is 13.8 Å². The number of hydrazine groups is 1. The van der Waals surface area contributed by atoms with Crippen LogP contribution in [-0.4, -0.2) is 36.1 Å². The van der Waals surface area contributed by atoms with Gasteiger partial charge in [-0.2, -0.15) is 0 Å². The van der Waals surface area contributed by atoms with Crippen molar-refractivity contribution in [1.29, 1.82) is 0 Å². The summed E-state index contributed by atoms with van der Waals surface area (Å²) in [5, 5.41) is 10.7. The first kappa shape index (κ1) is 17.3. The molecule has 0 bridgehead atoms. The second kappa shape index (κ2) is 9.21. The lowest BCUT2D eigenvalue weighted by Crippen LogP contribution is -2.42. The Morgan fingerprint density at radius 2 is 1.90 bits per heavy atom. The predicted molar refractivity (Wildman–Crippen MR) is 79.4 cm³/mol. The Hall–Kier alpha value is -0.780. The summed E-state index contributed by atoms with van der Waals surface area (Å²) in [5.41, 5.74) is 0. The summed E-state index contributed by atoms with van der Waals surface area (Å²) < 4.78 is 11.4. The molecular weight excluding hydrogens is 256 g/mol. The maximum Gasteiger partial charge on any atom is 0.134 e. The van der Waals surface area contributed by atoms with Gasteiger partial charge in [0.05, 0.1) is 13.2 Å². The first-order valence-corrected chi connectivity index (χ1v) is 7.75. The van der Waals surface area contributed by atoms with Gasteiger partial charge in [0, 0.05) is 18.9 Å². The first-order valence-electron chi connectivity index (χ1n) is 7.75. The molecule has 2 unspecified atom stereocenters. The fourth-order valence-corrected chi connectivity index (χ4v) is 2.83. The summed E-state index contributed by atoms with van der Waals surface area (Å²) in [5.74, 6) is 8.40. The molecule has 0 fully saturated rings. The molecule has 0 aromatic rings. The van der Waals surface area contributed by atoms with E-state index in [0.717, 1.165) is 43.6 Å². The molecule has 0 spiro atoms. The third-order valence-electron chi connectivity index (χ3n) is 3.91. The molecule has 5 nitrogen and oxygen atoms in total. The van der Waals surface area contributed by atoms with Gasteiger partial charge in [-0.15, -0.1) is 0 Å². The summed E-state index contributed by atoms with van der Waals surface area (Å²) in [4.78, 5) is 0. The smallest absolute Gasteiger partial charge is 0.134 e. The van der Waals surface area contributed by atoms with E-state index in [2.05, 4.69) is 6.92 Å². The topological polar surface area (TPSA) is 68.0 Å². The number of hydrogen-bond acceptors (Lipinski definition) is 5. The van der Waals surface area contributed by atoms with E-state index in [0.29, 0.717) is 19.1 Å². The highest BCUT2D eigenvalue weighted by atomic mass is 16.5. The Bertz CT molecular complexity index is 307. The van der Waals surface area contributed by atoms with Gasteiger partial charge in [0.1, 0.15) is 18.2 Å². The van der Waals surface area contributed by atoms with E-state index < -0.39 is 0 Å². The lowest BCUT2D eigenvalue weighted by atomic mass is 9.86. The number of aliphatic hydroxyl groups is 1. The van der Waals surface area contributed by atoms with Gasteiger partial charge >= 0.3 is 0 Å². The molecule has 0 saturated heterocycles. The van der Waals surface area contributed by atoms with E-state index in [4.69, 9.17) is 20.4 Å². The van der Waals surface area contributed by atoms with Gasteiger partial charge in [0.15, 0.2) is 0 Å². The molecule has 5 heteroatoms. The van der Waals surface area contributed by atoms with Crippen LogP contribution in [0, 0.1) is 5.92 Å². The van der Waals surface area contributed by atoms with Crippen molar-refractivity contribution in [3.8, 4) is 0 Å². The fourth-order valence-electron chi connectivity index (χ4n) is 2.83. The lowest BCUT2D eigenvalue weighted by molar-refractivity contribution is 0.0488. The molecular formula is C15H30N2O3. The number of nitrogens with two attached hydrogens (primary N) is 1. The highest BCUT2D eigenvalue weighted by Crippen LogP contribution is 2.34. The molecule has 0 aromatic heterocycles. The van der Waals surface area contributed by atoms with Gasteiger partial charge in [-0.05, 0) is 39.0 Å². The average molecular weight is 286 g/mol. The molecule has 0 amide bonds. The molecule has 0 radical (unpaired) electrons. The van der Waals surface area contributed by atoms with Crippen LogP contribution in [0.15, 0.2) is 11.5 Å². The maximum atomic E-state index is 9.16. The van der Waals surface area contributed by atoms with Gasteiger partial charge in [-0.25, -0.2) is 5.01 Å². The van der Waals surface area contributed by atoms with Crippen LogP contribution in [0.1, 0.15) is 52.9 Å². The van der Waals surface area contributed by atoms with Crippen molar-refractivity contribution in [2.24, 2.45) is 11.8 Å². The highest BCUT2D eigenvalue weighted by Gasteiger charge is 2.26. The van der Waals surface area contributed by atoms with Crippen molar-refractivity contribution < 1.29 is 14.6 Å². The minimum atomic E-state index is -0.0937. The zero-order valence-electron chi connectivity index (χ0n) is 13.1. The summed E-state index contributed by atoms with van der Waals surface area (Å²) in [6.45, 7) is 7.38. The molecule has 1 rings (SSSR count). The Balaban J connectivity index is 2.62. The third kappa shape index (κ3) is 4.96. The normalized spacial score (nSPS) is 21.2. The zero-order chi connectivity index (χ0) is 15.0. The number of hydrogen-bond donors (Lipinski definition) is 2. The average Bonchev–Trinajstić information content (AvgIpc) is 2.47. The zero-order valence-corrected chi connectivity index (χ0v) is 13.1. The van der Waals surface area contributed by atoms with Crippen LogP contribution in [0.5, 0.6) is 0 Å². The molecule has 20 heavy (non-hydrogen) atoms. The number of allylic oxidation sites excluding steroid dienone is 2. The minimum Gasteiger partial charge on any atom is -0.495 e. The van der Waals surface area contributed by atoms with Gasteiger partial charge < -0.3 is 14.6 Å². The second-order valence-electron chi connectivity index (χ2n) is 5.27. The van der Waals surface area contributed by atoms with Crippen molar-refractivity contribution in [3.63, 3.8) is 0 Å². The number of rotatable bonds is 9. The summed E-state index contributed by atoms with van der Waals surface area (Å²) in [7, 11) is 0. The molecule has 0 aliphatic heterocycles. The Kier molecular flexibility index (Phi) is 7.95. The van der Waals surface area contributed by atoms with E-state index in [1.165, 1.54) is 5.01 Å². The maximum absolute atomic E-state index is 9.16. The fraction of sp³-hybridized carbons (Fsp3) is 0.867. The van der Waals surface area contributed by atoms with E-state index in [-0.39, 0.29) is 12.8 Å². The van der Waals surface area contributed by atoms with Crippen LogP contribution in [0.2, 0.25) is 0 Å². The van der Waals surface area contributed by atoms with Gasteiger partial charge in [-0.1, -0.05) is 6.92 Å². The SMILES string of the molecule is CCOC1=C(OCC)CC(CC(CC)N(N)CO)CC1. The molecule has 118 valence electrons. The van der Waals surface area contributed by atoms with E-state index in [1.54, 1.807) is 0 Å². The number of ether oxygens (including phenoxy) is 2. The third-order valence-corrected chi connectivity index (χ3v) is 3.91. The lowest BCUT2D eigenvalue weighted by Gasteiger charge is -2.32. The summed E-state index contributed by atoms with van der Waals surface area (Å²) in [6, 6.07) is 0.224. The molecule has 1 aliphatic carbocycles. The summed E-state index contributed by atoms with van der Waals surface area (Å²) >= 11 is 0. The highest BCUT2D eigenvalue weighted by molar-refractivity contribution is 5.07. The standard InChI is InChI=1S/C15H30N2O3/c1-4-13(17(16)11-18)9-12-7-8-14(19-5-2)15(10-12)20-6-3/h12-13,18H,4-11,16H2,1-3H3. The van der Waals surface area contributed by atoms with Gasteiger partial charge in [-0.3, -0.25) is 5.84 Å². The Morgan fingerprint density at radius 1 is 1.25 bits per heavy atom. The Labute approximate surface area is 122 Å². The number of nitrogens with zero attached hydrogens (tertiary/aromatic N) is 1. The largest absolute Gasteiger partial charge is 0.495 e. The van der Waals surface area contributed by atoms with Gasteiger partial charge in [0.2, 0.25) is 0 Å². The molecule has 1 aliphatic rings. The molecule has 0 aromatic carbocycles. The monoisotopic (exact) mass is 286 g/mol. The molecule has 0 heterocycles. The second-order valence-corrected chi connectivity index (χ2v) is 5.27. The van der Waals surface area contributed by atoms with Crippen molar-refractivity contribution in [3.05, 3.63) is 11.5 Å². The number of aliphatic hydroxyl groups excluding tert-OH is 1. The van der Waals surface area contributed by atoms with Crippen LogP contribution >= 0.6 is 0 Å². The first-order chi connectivity index (χ1) is 9.65. The molecule has 0 saturated carbocycles. The van der Waals surface area contributed by atoms with E-state index in [9.17, 15) is 0 Å².